The van der Waals surface area contributed by atoms with Crippen molar-refractivity contribution in [3.8, 4) is 5.75 Å². The zero-order chi connectivity index (χ0) is 18.6. The van der Waals surface area contributed by atoms with Crippen LogP contribution in [0.25, 0.3) is 11.0 Å². The summed E-state index contributed by atoms with van der Waals surface area (Å²) >= 11 is 0. The first-order chi connectivity index (χ1) is 11.6. The van der Waals surface area contributed by atoms with Crippen LogP contribution in [0.5, 0.6) is 5.75 Å². The van der Waals surface area contributed by atoms with E-state index in [4.69, 9.17) is 18.5 Å². The Morgan fingerprint density at radius 3 is 2.20 bits per heavy atom. The number of benzene rings is 1. The molecule has 0 unspecified atom stereocenters. The van der Waals surface area contributed by atoms with E-state index in [2.05, 4.69) is 0 Å². The van der Waals surface area contributed by atoms with Gasteiger partial charge >= 0.3 is 7.12 Å². The Labute approximate surface area is 148 Å². The summed E-state index contributed by atoms with van der Waals surface area (Å²) in [6, 6.07) is 5.38. The van der Waals surface area contributed by atoms with Crippen molar-refractivity contribution < 1.29 is 23.3 Å². The Hall–Kier alpha value is -1.99. The molecule has 1 aromatic carbocycles. The van der Waals surface area contributed by atoms with Gasteiger partial charge in [0.1, 0.15) is 11.3 Å². The first-order valence-corrected chi connectivity index (χ1v) is 8.24. The predicted molar refractivity (Wildman–Crippen MR) is 96.5 cm³/mol. The molecule has 134 valence electrons. The number of rotatable bonds is 3. The van der Waals surface area contributed by atoms with E-state index in [-0.39, 0.29) is 11.7 Å². The van der Waals surface area contributed by atoms with Gasteiger partial charge in [-0.15, -0.1) is 0 Å². The molecule has 2 aromatic rings. The Morgan fingerprint density at radius 1 is 1.08 bits per heavy atom. The SMILES string of the molecule is COc1cc2cc(C(=O)N(C)C)oc2cc1B1OC(C)(C)C(C)(C)O1. The van der Waals surface area contributed by atoms with Crippen molar-refractivity contribution in [2.75, 3.05) is 21.2 Å². The topological polar surface area (TPSA) is 61.1 Å². The van der Waals surface area contributed by atoms with Crippen LogP contribution in [0.3, 0.4) is 0 Å². The summed E-state index contributed by atoms with van der Waals surface area (Å²) < 4.78 is 23.5. The number of amides is 1. The van der Waals surface area contributed by atoms with E-state index >= 15 is 0 Å². The standard InChI is InChI=1S/C18H24BNO5/c1-17(2)18(3,4)25-19(24-17)12-10-13-11(8-14(12)22-7)9-15(23-13)16(21)20(5)6/h8-10H,1-7H3. The second-order valence-corrected chi connectivity index (χ2v) is 7.53. The van der Waals surface area contributed by atoms with Crippen LogP contribution in [0.2, 0.25) is 0 Å². The molecule has 0 aliphatic carbocycles. The second-order valence-electron chi connectivity index (χ2n) is 7.53. The Bertz CT molecular complexity index is 808. The number of carbonyl (C=O) groups is 1. The summed E-state index contributed by atoms with van der Waals surface area (Å²) in [6.07, 6.45) is 0. The van der Waals surface area contributed by atoms with Gasteiger partial charge in [-0.2, -0.15) is 0 Å². The fourth-order valence-electron chi connectivity index (χ4n) is 2.74. The maximum Gasteiger partial charge on any atom is 0.498 e. The highest BCUT2D eigenvalue weighted by molar-refractivity contribution is 6.63. The van der Waals surface area contributed by atoms with Crippen molar-refractivity contribution in [3.63, 3.8) is 0 Å². The van der Waals surface area contributed by atoms with Crippen molar-refractivity contribution >= 4 is 29.5 Å². The van der Waals surface area contributed by atoms with Crippen molar-refractivity contribution in [2.24, 2.45) is 0 Å². The lowest BCUT2D eigenvalue weighted by Crippen LogP contribution is -2.41. The maximum atomic E-state index is 12.1. The summed E-state index contributed by atoms with van der Waals surface area (Å²) in [5.41, 5.74) is 0.433. The number of hydrogen-bond donors (Lipinski definition) is 0. The number of furan rings is 1. The Kier molecular flexibility index (Phi) is 4.12. The van der Waals surface area contributed by atoms with E-state index in [0.717, 1.165) is 10.8 Å². The van der Waals surface area contributed by atoms with Gasteiger partial charge in [0.15, 0.2) is 5.76 Å². The zero-order valence-corrected chi connectivity index (χ0v) is 15.8. The van der Waals surface area contributed by atoms with Crippen LogP contribution >= 0.6 is 0 Å². The highest BCUT2D eigenvalue weighted by Crippen LogP contribution is 2.37. The smallest absolute Gasteiger partial charge is 0.497 e. The molecular weight excluding hydrogens is 321 g/mol. The highest BCUT2D eigenvalue weighted by Gasteiger charge is 2.52. The summed E-state index contributed by atoms with van der Waals surface area (Å²) in [4.78, 5) is 13.6. The van der Waals surface area contributed by atoms with Crippen molar-refractivity contribution in [2.45, 2.75) is 38.9 Å². The molecule has 2 heterocycles. The molecule has 7 heteroatoms. The van der Waals surface area contributed by atoms with Crippen molar-refractivity contribution in [3.05, 3.63) is 24.0 Å². The van der Waals surface area contributed by atoms with Gasteiger partial charge in [-0.3, -0.25) is 4.79 Å². The molecule has 1 aliphatic rings. The number of carbonyl (C=O) groups excluding carboxylic acids is 1. The van der Waals surface area contributed by atoms with E-state index in [0.29, 0.717) is 11.3 Å². The molecule has 1 fully saturated rings. The molecule has 6 nitrogen and oxygen atoms in total. The van der Waals surface area contributed by atoms with Crippen LogP contribution in [-0.4, -0.2) is 50.3 Å². The van der Waals surface area contributed by atoms with Gasteiger partial charge in [-0.1, -0.05) is 0 Å². The summed E-state index contributed by atoms with van der Waals surface area (Å²) in [5.74, 6) is 0.733. The Balaban J connectivity index is 2.05. The van der Waals surface area contributed by atoms with Crippen LogP contribution in [0.4, 0.5) is 0 Å². The van der Waals surface area contributed by atoms with Gasteiger partial charge in [0.05, 0.1) is 18.3 Å². The van der Waals surface area contributed by atoms with E-state index in [1.54, 1.807) is 27.3 Å². The normalized spacial score (nSPS) is 18.6. The molecule has 0 N–H and O–H groups in total. The van der Waals surface area contributed by atoms with Crippen LogP contribution < -0.4 is 10.2 Å². The quantitative estimate of drug-likeness (QED) is 0.800. The minimum atomic E-state index is -0.567. The summed E-state index contributed by atoms with van der Waals surface area (Å²) in [5, 5.41) is 0.794. The summed E-state index contributed by atoms with van der Waals surface area (Å²) in [7, 11) is 4.40. The van der Waals surface area contributed by atoms with Crippen LogP contribution in [-0.2, 0) is 9.31 Å². The maximum absolute atomic E-state index is 12.1. The van der Waals surface area contributed by atoms with Gasteiger partial charge in [0, 0.05) is 24.9 Å². The average Bonchev–Trinajstić information content (AvgIpc) is 3.02. The van der Waals surface area contributed by atoms with Crippen LogP contribution in [0.15, 0.2) is 22.6 Å². The molecule has 1 saturated heterocycles. The largest absolute Gasteiger partial charge is 0.498 e. The molecule has 3 rings (SSSR count). The fourth-order valence-corrected chi connectivity index (χ4v) is 2.74. The molecule has 25 heavy (non-hydrogen) atoms. The van der Waals surface area contributed by atoms with Gasteiger partial charge in [0.2, 0.25) is 0 Å². The van der Waals surface area contributed by atoms with E-state index in [1.807, 2.05) is 39.8 Å². The van der Waals surface area contributed by atoms with Crippen LogP contribution in [0.1, 0.15) is 38.2 Å². The van der Waals surface area contributed by atoms with Gasteiger partial charge in [-0.25, -0.2) is 0 Å². The van der Waals surface area contributed by atoms with Gasteiger partial charge in [0.25, 0.3) is 5.91 Å². The monoisotopic (exact) mass is 345 g/mol. The third kappa shape index (κ3) is 2.91. The third-order valence-corrected chi connectivity index (χ3v) is 4.99. The van der Waals surface area contributed by atoms with Crippen molar-refractivity contribution in [1.82, 2.24) is 4.90 Å². The molecule has 0 saturated carbocycles. The summed E-state index contributed by atoms with van der Waals surface area (Å²) in [6.45, 7) is 8.00. The van der Waals surface area contributed by atoms with Crippen molar-refractivity contribution in [1.29, 1.82) is 0 Å². The molecule has 0 bridgehead atoms. The Morgan fingerprint density at radius 2 is 1.68 bits per heavy atom. The van der Waals surface area contributed by atoms with E-state index in [1.165, 1.54) is 4.90 Å². The third-order valence-electron chi connectivity index (χ3n) is 4.99. The number of nitrogens with zero attached hydrogens (tertiary/aromatic N) is 1. The molecular formula is C18H24BNO5. The average molecular weight is 345 g/mol. The lowest BCUT2D eigenvalue weighted by molar-refractivity contribution is 0.00578. The predicted octanol–water partition coefficient (Wildman–Crippen LogP) is 2.44. The second kappa shape index (κ2) is 5.78. The van der Waals surface area contributed by atoms with E-state index in [9.17, 15) is 4.79 Å². The number of ether oxygens (including phenoxy) is 1. The van der Waals surface area contributed by atoms with Gasteiger partial charge in [-0.05, 0) is 45.9 Å². The first-order valence-electron chi connectivity index (χ1n) is 8.24. The van der Waals surface area contributed by atoms with E-state index < -0.39 is 18.3 Å². The molecule has 0 atom stereocenters. The molecule has 0 spiro atoms. The molecule has 1 aromatic heterocycles. The molecule has 0 radical (unpaired) electrons. The highest BCUT2D eigenvalue weighted by atomic mass is 16.7. The molecule has 1 amide bonds. The number of fused-ring (bicyclic) bond motifs is 1. The minimum Gasteiger partial charge on any atom is -0.497 e. The molecule has 1 aliphatic heterocycles. The minimum absolute atomic E-state index is 0.188. The van der Waals surface area contributed by atoms with Gasteiger partial charge < -0.3 is 23.4 Å². The fraction of sp³-hybridized carbons (Fsp3) is 0.500. The van der Waals surface area contributed by atoms with Crippen LogP contribution in [0, 0.1) is 0 Å². The first kappa shape index (κ1) is 17.8. The lowest BCUT2D eigenvalue weighted by atomic mass is 9.78. The lowest BCUT2D eigenvalue weighted by Gasteiger charge is -2.32. The number of methoxy groups -OCH3 is 1. The number of hydrogen-bond acceptors (Lipinski definition) is 5. The zero-order valence-electron chi connectivity index (χ0n) is 15.8.